The summed E-state index contributed by atoms with van der Waals surface area (Å²) < 4.78 is 1.70. The minimum absolute atomic E-state index is 0.00331. The summed E-state index contributed by atoms with van der Waals surface area (Å²) >= 11 is 0. The molecule has 0 radical (unpaired) electrons. The second-order valence-corrected chi connectivity index (χ2v) is 4.10. The molecule has 0 amide bonds. The largest absolute Gasteiger partial charge is 0.479 e. The van der Waals surface area contributed by atoms with E-state index in [0.717, 1.165) is 11.3 Å². The van der Waals surface area contributed by atoms with Crippen molar-refractivity contribution in [3.05, 3.63) is 17.5 Å². The van der Waals surface area contributed by atoms with Crippen LogP contribution in [-0.2, 0) is 18.4 Å². The van der Waals surface area contributed by atoms with Gasteiger partial charge in [0.1, 0.15) is 0 Å². The highest BCUT2D eigenvalue weighted by Gasteiger charge is 2.29. The zero-order chi connectivity index (χ0) is 12.3. The molecule has 0 fully saturated rings. The number of carboxylic acids is 1. The van der Waals surface area contributed by atoms with Crippen molar-refractivity contribution in [2.75, 3.05) is 6.54 Å². The van der Waals surface area contributed by atoms with Crippen molar-refractivity contribution in [3.8, 4) is 0 Å². The predicted octanol–water partition coefficient (Wildman–Crippen LogP) is -0.346. The third-order valence-electron chi connectivity index (χ3n) is 2.36. The van der Waals surface area contributed by atoms with Crippen LogP contribution < -0.4 is 5.32 Å². The van der Waals surface area contributed by atoms with Crippen molar-refractivity contribution in [2.24, 2.45) is 7.05 Å². The molecule has 0 aromatic carbocycles. The fourth-order valence-electron chi connectivity index (χ4n) is 1.34. The minimum Gasteiger partial charge on any atom is -0.479 e. The van der Waals surface area contributed by atoms with Crippen molar-refractivity contribution in [3.63, 3.8) is 0 Å². The van der Waals surface area contributed by atoms with Gasteiger partial charge in [-0.1, -0.05) is 0 Å². The van der Waals surface area contributed by atoms with Crippen LogP contribution in [0, 0.1) is 6.92 Å². The maximum absolute atomic E-state index is 10.6. The molecule has 1 heterocycles. The second kappa shape index (κ2) is 4.63. The molecule has 16 heavy (non-hydrogen) atoms. The molecular formula is C10H17N3O3. The predicted molar refractivity (Wildman–Crippen MR) is 57.9 cm³/mol. The van der Waals surface area contributed by atoms with Crippen LogP contribution in [0.1, 0.15) is 18.2 Å². The van der Waals surface area contributed by atoms with E-state index >= 15 is 0 Å². The van der Waals surface area contributed by atoms with Gasteiger partial charge in [-0.25, -0.2) is 4.79 Å². The Morgan fingerprint density at radius 3 is 2.75 bits per heavy atom. The summed E-state index contributed by atoms with van der Waals surface area (Å²) in [4.78, 5) is 10.6. The number of nitrogens with zero attached hydrogens (tertiary/aromatic N) is 2. The van der Waals surface area contributed by atoms with Gasteiger partial charge < -0.3 is 15.5 Å². The second-order valence-electron chi connectivity index (χ2n) is 4.10. The van der Waals surface area contributed by atoms with E-state index in [0.29, 0.717) is 6.54 Å². The van der Waals surface area contributed by atoms with E-state index in [-0.39, 0.29) is 6.54 Å². The number of hydrogen-bond acceptors (Lipinski definition) is 4. The topological polar surface area (TPSA) is 87.4 Å². The average Bonchev–Trinajstić information content (AvgIpc) is 2.44. The van der Waals surface area contributed by atoms with Gasteiger partial charge in [0, 0.05) is 31.9 Å². The van der Waals surface area contributed by atoms with Crippen LogP contribution in [0.3, 0.4) is 0 Å². The zero-order valence-corrected chi connectivity index (χ0v) is 9.69. The van der Waals surface area contributed by atoms with Gasteiger partial charge in [0.05, 0.1) is 5.69 Å². The molecule has 0 spiro atoms. The number of aromatic nitrogens is 2. The van der Waals surface area contributed by atoms with E-state index in [1.807, 2.05) is 20.2 Å². The molecule has 6 nitrogen and oxygen atoms in total. The first-order valence-corrected chi connectivity index (χ1v) is 4.98. The fraction of sp³-hybridized carbons (Fsp3) is 0.600. The van der Waals surface area contributed by atoms with Crippen LogP contribution >= 0.6 is 0 Å². The van der Waals surface area contributed by atoms with E-state index in [4.69, 9.17) is 5.11 Å². The van der Waals surface area contributed by atoms with E-state index in [2.05, 4.69) is 10.4 Å². The summed E-state index contributed by atoms with van der Waals surface area (Å²) in [7, 11) is 1.82. The lowest BCUT2D eigenvalue weighted by Crippen LogP contribution is -2.44. The summed E-state index contributed by atoms with van der Waals surface area (Å²) in [6, 6.07) is 0. The molecule has 0 saturated heterocycles. The average molecular weight is 227 g/mol. The van der Waals surface area contributed by atoms with Crippen LogP contribution in [0.2, 0.25) is 0 Å². The molecule has 0 bridgehead atoms. The summed E-state index contributed by atoms with van der Waals surface area (Å²) in [5.41, 5.74) is 0.143. The van der Waals surface area contributed by atoms with Gasteiger partial charge in [-0.15, -0.1) is 0 Å². The number of aryl methyl sites for hydroxylation is 2. The number of nitrogens with one attached hydrogen (secondary N) is 1. The van der Waals surface area contributed by atoms with E-state index in [1.165, 1.54) is 6.92 Å². The van der Waals surface area contributed by atoms with Crippen LogP contribution in [0.4, 0.5) is 0 Å². The first-order chi connectivity index (χ1) is 7.33. The normalized spacial score (nSPS) is 14.8. The lowest BCUT2D eigenvalue weighted by Gasteiger charge is -2.18. The van der Waals surface area contributed by atoms with Crippen LogP contribution in [0.25, 0.3) is 0 Å². The molecule has 1 aromatic rings. The quantitative estimate of drug-likeness (QED) is 0.640. The first-order valence-electron chi connectivity index (χ1n) is 4.98. The smallest absolute Gasteiger partial charge is 0.336 e. The number of carboxylic acid groups (broad SMARTS) is 1. The highest BCUT2D eigenvalue weighted by atomic mass is 16.4. The summed E-state index contributed by atoms with van der Waals surface area (Å²) in [5.74, 6) is -1.23. The molecule has 0 aliphatic rings. The van der Waals surface area contributed by atoms with Crippen LogP contribution in [0.15, 0.2) is 6.20 Å². The Bertz CT molecular complexity index is 385. The van der Waals surface area contributed by atoms with Gasteiger partial charge in [-0.2, -0.15) is 5.10 Å². The SMILES string of the molecule is Cc1nn(C)cc1CNCC(C)(O)C(=O)O. The van der Waals surface area contributed by atoms with Gasteiger partial charge in [0.15, 0.2) is 5.60 Å². The Morgan fingerprint density at radius 2 is 2.31 bits per heavy atom. The summed E-state index contributed by atoms with van der Waals surface area (Å²) in [5, 5.41) is 25.2. The summed E-state index contributed by atoms with van der Waals surface area (Å²) in [6.45, 7) is 3.63. The molecule has 90 valence electrons. The molecule has 1 aromatic heterocycles. The fourth-order valence-corrected chi connectivity index (χ4v) is 1.34. The first kappa shape index (κ1) is 12.7. The lowest BCUT2D eigenvalue weighted by molar-refractivity contribution is -0.156. The monoisotopic (exact) mass is 227 g/mol. The van der Waals surface area contributed by atoms with Crippen LogP contribution in [0.5, 0.6) is 0 Å². The van der Waals surface area contributed by atoms with Gasteiger partial charge in [0.2, 0.25) is 0 Å². The number of hydrogen-bond donors (Lipinski definition) is 3. The Kier molecular flexibility index (Phi) is 3.66. The molecule has 3 N–H and O–H groups in total. The van der Waals surface area contributed by atoms with Gasteiger partial charge in [0.25, 0.3) is 0 Å². The molecule has 0 aliphatic carbocycles. The minimum atomic E-state index is -1.74. The van der Waals surface area contributed by atoms with Gasteiger partial charge in [-0.3, -0.25) is 4.68 Å². The molecule has 1 unspecified atom stereocenters. The molecular weight excluding hydrogens is 210 g/mol. The van der Waals surface area contributed by atoms with Crippen molar-refractivity contribution >= 4 is 5.97 Å². The molecule has 0 saturated carbocycles. The van der Waals surface area contributed by atoms with E-state index < -0.39 is 11.6 Å². The molecule has 1 atom stereocenters. The highest BCUT2D eigenvalue weighted by Crippen LogP contribution is 2.05. The Morgan fingerprint density at radius 1 is 1.69 bits per heavy atom. The summed E-state index contributed by atoms with van der Waals surface area (Å²) in [6.07, 6.45) is 1.86. The van der Waals surface area contributed by atoms with Gasteiger partial charge in [-0.05, 0) is 13.8 Å². The van der Waals surface area contributed by atoms with Crippen molar-refractivity contribution in [1.82, 2.24) is 15.1 Å². The third kappa shape index (κ3) is 3.04. The Hall–Kier alpha value is -1.40. The van der Waals surface area contributed by atoms with Crippen molar-refractivity contribution < 1.29 is 15.0 Å². The molecule has 1 rings (SSSR count). The maximum Gasteiger partial charge on any atom is 0.336 e. The highest BCUT2D eigenvalue weighted by molar-refractivity contribution is 5.76. The number of rotatable bonds is 5. The Balaban J connectivity index is 2.48. The van der Waals surface area contributed by atoms with Gasteiger partial charge >= 0.3 is 5.97 Å². The molecule has 6 heteroatoms. The van der Waals surface area contributed by atoms with Crippen molar-refractivity contribution in [2.45, 2.75) is 26.0 Å². The number of aliphatic carboxylic acids is 1. The Labute approximate surface area is 93.9 Å². The van der Waals surface area contributed by atoms with Crippen LogP contribution in [-0.4, -0.2) is 38.1 Å². The maximum atomic E-state index is 10.6. The van der Waals surface area contributed by atoms with E-state index in [1.54, 1.807) is 4.68 Å². The number of aliphatic hydroxyl groups is 1. The molecule has 0 aliphatic heterocycles. The zero-order valence-electron chi connectivity index (χ0n) is 9.69. The lowest BCUT2D eigenvalue weighted by atomic mass is 10.1. The standard InChI is InChI=1S/C10H17N3O3/c1-7-8(5-13(3)12-7)4-11-6-10(2,16)9(14)15/h5,11,16H,4,6H2,1-3H3,(H,14,15). The van der Waals surface area contributed by atoms with Crippen molar-refractivity contribution in [1.29, 1.82) is 0 Å². The van der Waals surface area contributed by atoms with E-state index in [9.17, 15) is 9.90 Å². The number of carbonyl (C=O) groups is 1. The third-order valence-corrected chi connectivity index (χ3v) is 2.36.